The Morgan fingerprint density at radius 1 is 1.50 bits per heavy atom. The number of carbonyl (C=O) groups excluding carboxylic acids is 1. The van der Waals surface area contributed by atoms with E-state index in [0.29, 0.717) is 6.54 Å². The summed E-state index contributed by atoms with van der Waals surface area (Å²) >= 11 is 1.43. The van der Waals surface area contributed by atoms with Crippen molar-refractivity contribution in [3.05, 3.63) is 52.6 Å². The number of carbonyl (C=O) groups is 1. The van der Waals surface area contributed by atoms with Gasteiger partial charge in [-0.2, -0.15) is 0 Å². The smallest absolute Gasteiger partial charge is 0.282 e. The lowest BCUT2D eigenvalue weighted by Gasteiger charge is -2.07. The summed E-state index contributed by atoms with van der Waals surface area (Å²) in [7, 11) is 0. The van der Waals surface area contributed by atoms with E-state index in [-0.39, 0.29) is 11.3 Å². The fourth-order valence-electron chi connectivity index (χ4n) is 1.96. The van der Waals surface area contributed by atoms with Crippen LogP contribution < -0.4 is 5.32 Å². The van der Waals surface area contributed by atoms with Crippen molar-refractivity contribution in [1.29, 1.82) is 0 Å². The summed E-state index contributed by atoms with van der Waals surface area (Å²) in [5.41, 5.74) is -0.0793. The molecular formula is C14H16N4O3S. The average molecular weight is 320 g/mol. The molecule has 0 radical (unpaired) electrons. The van der Waals surface area contributed by atoms with Crippen molar-refractivity contribution in [1.82, 2.24) is 14.9 Å². The summed E-state index contributed by atoms with van der Waals surface area (Å²) in [6, 6.07) is 4.55. The summed E-state index contributed by atoms with van der Waals surface area (Å²) < 4.78 is 1.91. The van der Waals surface area contributed by atoms with Gasteiger partial charge in [-0.1, -0.05) is 0 Å². The molecule has 0 saturated carbocycles. The highest BCUT2D eigenvalue weighted by molar-refractivity contribution is 7.98. The molecule has 0 spiro atoms. The lowest BCUT2D eigenvalue weighted by atomic mass is 10.1. The third-order valence-corrected chi connectivity index (χ3v) is 3.81. The van der Waals surface area contributed by atoms with E-state index in [1.807, 2.05) is 17.0 Å². The first-order chi connectivity index (χ1) is 10.6. The van der Waals surface area contributed by atoms with Crippen molar-refractivity contribution >= 4 is 23.4 Å². The number of nitro benzene ring substituents is 1. The average Bonchev–Trinajstić information content (AvgIpc) is 3.03. The molecule has 0 aliphatic rings. The quantitative estimate of drug-likeness (QED) is 0.366. The lowest BCUT2D eigenvalue weighted by Crippen LogP contribution is -2.26. The Labute approximate surface area is 131 Å². The van der Waals surface area contributed by atoms with Crippen LogP contribution in [0.2, 0.25) is 0 Å². The van der Waals surface area contributed by atoms with Gasteiger partial charge in [0.25, 0.3) is 11.6 Å². The number of benzene rings is 1. The summed E-state index contributed by atoms with van der Waals surface area (Å²) in [6.45, 7) is 1.17. The first-order valence-electron chi connectivity index (χ1n) is 6.68. The Balaban J connectivity index is 1.97. The SMILES string of the molecule is CSc1ccc([N+](=O)[O-])c(C(=O)NCCCn2ccnc2)c1. The van der Waals surface area contributed by atoms with Crippen molar-refractivity contribution in [3.63, 3.8) is 0 Å². The Morgan fingerprint density at radius 3 is 2.95 bits per heavy atom. The van der Waals surface area contributed by atoms with Crippen molar-refractivity contribution in [2.45, 2.75) is 17.9 Å². The van der Waals surface area contributed by atoms with Crippen LogP contribution in [0.25, 0.3) is 0 Å². The van der Waals surface area contributed by atoms with Crippen molar-refractivity contribution in [2.75, 3.05) is 12.8 Å². The predicted molar refractivity (Wildman–Crippen MR) is 84.1 cm³/mol. The zero-order valence-corrected chi connectivity index (χ0v) is 12.9. The van der Waals surface area contributed by atoms with E-state index >= 15 is 0 Å². The van der Waals surface area contributed by atoms with Crippen LogP contribution in [-0.2, 0) is 6.54 Å². The number of nitrogens with one attached hydrogen (secondary N) is 1. The molecule has 1 aromatic carbocycles. The first kappa shape index (κ1) is 16.0. The number of rotatable bonds is 7. The van der Waals surface area contributed by atoms with Crippen molar-refractivity contribution in [2.24, 2.45) is 0 Å². The van der Waals surface area contributed by atoms with E-state index in [1.165, 1.54) is 17.8 Å². The van der Waals surface area contributed by atoms with Gasteiger partial charge in [0.15, 0.2) is 0 Å². The summed E-state index contributed by atoms with van der Waals surface area (Å²) in [4.78, 5) is 27.4. The lowest BCUT2D eigenvalue weighted by molar-refractivity contribution is -0.385. The molecule has 0 aliphatic carbocycles. The topological polar surface area (TPSA) is 90.1 Å². The molecule has 1 aromatic heterocycles. The third kappa shape index (κ3) is 4.08. The minimum atomic E-state index is -0.537. The monoisotopic (exact) mass is 320 g/mol. The molecule has 7 nitrogen and oxygen atoms in total. The first-order valence-corrected chi connectivity index (χ1v) is 7.90. The van der Waals surface area contributed by atoms with Gasteiger partial charge in [0.2, 0.25) is 0 Å². The Bertz CT molecular complexity index is 658. The second-order valence-electron chi connectivity index (χ2n) is 4.55. The fraction of sp³-hybridized carbons (Fsp3) is 0.286. The van der Waals surface area contributed by atoms with Crippen LogP contribution in [0.15, 0.2) is 41.8 Å². The van der Waals surface area contributed by atoms with Crippen LogP contribution in [0.5, 0.6) is 0 Å². The highest BCUT2D eigenvalue weighted by Gasteiger charge is 2.20. The maximum Gasteiger partial charge on any atom is 0.282 e. The van der Waals surface area contributed by atoms with Crippen molar-refractivity contribution in [3.8, 4) is 0 Å². The number of aromatic nitrogens is 2. The number of amides is 1. The van der Waals surface area contributed by atoms with Gasteiger partial charge in [-0.15, -0.1) is 11.8 Å². The molecule has 22 heavy (non-hydrogen) atoms. The zero-order chi connectivity index (χ0) is 15.9. The molecular weight excluding hydrogens is 304 g/mol. The van der Waals surface area contributed by atoms with E-state index in [1.54, 1.807) is 24.7 Å². The van der Waals surface area contributed by atoms with Gasteiger partial charge in [0, 0.05) is 36.4 Å². The molecule has 0 fully saturated rings. The molecule has 2 rings (SSSR count). The Kier molecular flexibility index (Phi) is 5.54. The van der Waals surface area contributed by atoms with Crippen LogP contribution in [0.3, 0.4) is 0 Å². The van der Waals surface area contributed by atoms with E-state index in [0.717, 1.165) is 17.9 Å². The number of imidazole rings is 1. The van der Waals surface area contributed by atoms with Gasteiger partial charge in [-0.25, -0.2) is 4.98 Å². The third-order valence-electron chi connectivity index (χ3n) is 3.08. The Hall–Kier alpha value is -2.35. The second kappa shape index (κ2) is 7.60. The van der Waals surface area contributed by atoms with Crippen molar-refractivity contribution < 1.29 is 9.72 Å². The number of hydrogen-bond donors (Lipinski definition) is 1. The summed E-state index contributed by atoms with van der Waals surface area (Å²) in [5.74, 6) is -0.423. The summed E-state index contributed by atoms with van der Waals surface area (Å²) in [5, 5.41) is 13.7. The molecule has 0 atom stereocenters. The summed E-state index contributed by atoms with van der Waals surface area (Å²) in [6.07, 6.45) is 7.81. The van der Waals surface area contributed by atoms with E-state index < -0.39 is 10.8 Å². The van der Waals surface area contributed by atoms with Crippen LogP contribution in [0, 0.1) is 10.1 Å². The highest BCUT2D eigenvalue weighted by Crippen LogP contribution is 2.24. The van der Waals surface area contributed by atoms with Crippen LogP contribution in [0.4, 0.5) is 5.69 Å². The van der Waals surface area contributed by atoms with E-state index in [4.69, 9.17) is 0 Å². The number of thioether (sulfide) groups is 1. The van der Waals surface area contributed by atoms with Crippen LogP contribution in [0.1, 0.15) is 16.8 Å². The second-order valence-corrected chi connectivity index (χ2v) is 5.43. The van der Waals surface area contributed by atoms with Gasteiger partial charge in [0.1, 0.15) is 5.56 Å². The number of aryl methyl sites for hydroxylation is 1. The molecule has 2 aromatic rings. The molecule has 8 heteroatoms. The molecule has 0 unspecified atom stereocenters. The van der Waals surface area contributed by atoms with Gasteiger partial charge >= 0.3 is 0 Å². The fourth-order valence-corrected chi connectivity index (χ4v) is 2.40. The largest absolute Gasteiger partial charge is 0.352 e. The molecule has 1 N–H and O–H groups in total. The van der Waals surface area contributed by atoms with Crippen LogP contribution in [-0.4, -0.2) is 33.2 Å². The maximum atomic E-state index is 12.2. The molecule has 1 amide bonds. The van der Waals surface area contributed by atoms with Crippen LogP contribution >= 0.6 is 11.8 Å². The standard InChI is InChI=1S/C14H16N4O3S/c1-22-11-3-4-13(18(20)21)12(9-11)14(19)16-5-2-7-17-8-6-15-10-17/h3-4,6,8-10H,2,5,7H2,1H3,(H,16,19). The van der Waals surface area contributed by atoms with Gasteiger partial charge in [0.05, 0.1) is 11.3 Å². The van der Waals surface area contributed by atoms with E-state index in [9.17, 15) is 14.9 Å². The molecule has 1 heterocycles. The Morgan fingerprint density at radius 2 is 2.32 bits per heavy atom. The molecule has 116 valence electrons. The maximum absolute atomic E-state index is 12.2. The number of hydrogen-bond acceptors (Lipinski definition) is 5. The zero-order valence-electron chi connectivity index (χ0n) is 12.1. The molecule has 0 saturated heterocycles. The minimum Gasteiger partial charge on any atom is -0.352 e. The van der Waals surface area contributed by atoms with E-state index in [2.05, 4.69) is 10.3 Å². The molecule has 0 bridgehead atoms. The highest BCUT2D eigenvalue weighted by atomic mass is 32.2. The number of nitrogens with zero attached hydrogens (tertiary/aromatic N) is 3. The minimum absolute atomic E-state index is 0.0967. The molecule has 0 aliphatic heterocycles. The number of nitro groups is 1. The predicted octanol–water partition coefficient (Wildman–Crippen LogP) is 2.33. The van der Waals surface area contributed by atoms with Gasteiger partial charge in [-0.3, -0.25) is 14.9 Å². The van der Waals surface area contributed by atoms with Gasteiger partial charge < -0.3 is 9.88 Å². The normalized spacial score (nSPS) is 10.4. The van der Waals surface area contributed by atoms with Gasteiger partial charge in [-0.05, 0) is 24.8 Å².